The molecule has 5 aromatic rings. The molecule has 41 heavy (non-hydrogen) atoms. The minimum Gasteiger partial charge on any atom is -0.462 e. The van der Waals surface area contributed by atoms with Crippen LogP contribution in [0.3, 0.4) is 0 Å². The van der Waals surface area contributed by atoms with Crippen LogP contribution in [0.2, 0.25) is 0 Å². The number of thioether (sulfide) groups is 2. The number of thiophene rings is 1. The van der Waals surface area contributed by atoms with Crippen molar-refractivity contribution in [2.75, 3.05) is 17.7 Å². The molecule has 0 radical (unpaired) electrons. The molecular weight excluding hydrogens is 573 g/mol. The van der Waals surface area contributed by atoms with Gasteiger partial charge in [0.15, 0.2) is 5.16 Å². The number of para-hydroxylation sites is 1. The maximum atomic E-state index is 13.1. The molecule has 2 heterocycles. The number of amides is 1. The topological polar surface area (TPSA) is 86.1 Å². The number of aromatic nitrogens is 3. The lowest BCUT2D eigenvalue weighted by molar-refractivity contribution is -0.113. The smallest absolute Gasteiger partial charge is 0.341 e. The first kappa shape index (κ1) is 28.7. The van der Waals surface area contributed by atoms with E-state index >= 15 is 0 Å². The van der Waals surface area contributed by atoms with E-state index in [-0.39, 0.29) is 18.3 Å². The van der Waals surface area contributed by atoms with Gasteiger partial charge < -0.3 is 10.1 Å². The van der Waals surface area contributed by atoms with E-state index in [1.807, 2.05) is 70.6 Å². The number of hydrogen-bond donors (Lipinski definition) is 1. The van der Waals surface area contributed by atoms with Crippen molar-refractivity contribution in [3.63, 3.8) is 0 Å². The first-order valence-electron chi connectivity index (χ1n) is 13.0. The van der Waals surface area contributed by atoms with E-state index in [0.29, 0.717) is 21.5 Å². The lowest BCUT2D eigenvalue weighted by Crippen LogP contribution is -2.17. The number of benzene rings is 3. The van der Waals surface area contributed by atoms with Crippen LogP contribution in [-0.4, -0.2) is 39.0 Å². The Bertz CT molecular complexity index is 1620. The molecule has 0 fully saturated rings. The number of carbonyl (C=O) groups excluding carboxylic acids is 2. The zero-order valence-electron chi connectivity index (χ0n) is 22.6. The van der Waals surface area contributed by atoms with E-state index in [1.165, 1.54) is 28.7 Å². The molecule has 7 nitrogen and oxygen atoms in total. The van der Waals surface area contributed by atoms with Crippen LogP contribution in [0, 0.1) is 6.92 Å². The standard InChI is InChI=1S/C31H28N4O3S3/c1-3-38-30(37)28-25(22-10-6-4-7-11-22)18-40-29(28)32-27(36)20-41-31-34-33-26(35(31)23-12-8-5-9-13-23)19-39-24-16-14-21(2)15-17-24/h4-18H,3,19-20H2,1-2H3,(H,32,36). The Morgan fingerprint density at radius 3 is 2.34 bits per heavy atom. The van der Waals surface area contributed by atoms with Gasteiger partial charge in [0.05, 0.1) is 18.1 Å². The normalized spacial score (nSPS) is 10.9. The van der Waals surface area contributed by atoms with Gasteiger partial charge in [0.1, 0.15) is 16.4 Å². The summed E-state index contributed by atoms with van der Waals surface area (Å²) in [6.45, 7) is 4.07. The summed E-state index contributed by atoms with van der Waals surface area (Å²) in [6.07, 6.45) is 0. The van der Waals surface area contributed by atoms with Crippen LogP contribution in [-0.2, 0) is 15.3 Å². The molecule has 10 heteroatoms. The van der Waals surface area contributed by atoms with Gasteiger partial charge in [-0.15, -0.1) is 33.3 Å². The Morgan fingerprint density at radius 1 is 0.927 bits per heavy atom. The second-order valence-electron chi connectivity index (χ2n) is 8.95. The molecule has 0 aliphatic carbocycles. The van der Waals surface area contributed by atoms with E-state index in [1.54, 1.807) is 18.7 Å². The minimum absolute atomic E-state index is 0.0942. The molecule has 0 unspecified atom stereocenters. The number of rotatable bonds is 11. The average molecular weight is 601 g/mol. The third-order valence-electron chi connectivity index (χ3n) is 6.04. The van der Waals surface area contributed by atoms with Gasteiger partial charge in [0.2, 0.25) is 5.91 Å². The highest BCUT2D eigenvalue weighted by atomic mass is 32.2. The van der Waals surface area contributed by atoms with Crippen LogP contribution in [0.1, 0.15) is 28.7 Å². The quantitative estimate of drug-likeness (QED) is 0.124. The molecule has 0 saturated heterocycles. The Hall–Kier alpha value is -3.86. The first-order chi connectivity index (χ1) is 20.0. The summed E-state index contributed by atoms with van der Waals surface area (Å²) in [5, 5.41) is 14.8. The predicted octanol–water partition coefficient (Wildman–Crippen LogP) is 7.50. The van der Waals surface area contributed by atoms with Gasteiger partial charge in [-0.25, -0.2) is 4.79 Å². The SMILES string of the molecule is CCOC(=O)c1c(-c2ccccc2)csc1NC(=O)CSc1nnc(CSc2ccc(C)cc2)n1-c1ccccc1. The summed E-state index contributed by atoms with van der Waals surface area (Å²) in [5.41, 5.74) is 4.12. The summed E-state index contributed by atoms with van der Waals surface area (Å²) in [6, 6.07) is 27.9. The number of nitrogens with zero attached hydrogens (tertiary/aromatic N) is 3. The second-order valence-corrected chi connectivity index (χ2v) is 11.8. The fourth-order valence-electron chi connectivity index (χ4n) is 4.08. The van der Waals surface area contributed by atoms with Crippen LogP contribution in [0.25, 0.3) is 16.8 Å². The van der Waals surface area contributed by atoms with E-state index in [0.717, 1.165) is 27.5 Å². The zero-order chi connectivity index (χ0) is 28.6. The molecule has 3 aromatic carbocycles. The van der Waals surface area contributed by atoms with Crippen molar-refractivity contribution in [2.24, 2.45) is 0 Å². The van der Waals surface area contributed by atoms with Crippen molar-refractivity contribution in [1.82, 2.24) is 14.8 Å². The highest BCUT2D eigenvalue weighted by Crippen LogP contribution is 2.36. The van der Waals surface area contributed by atoms with Gasteiger partial charge in [-0.3, -0.25) is 9.36 Å². The van der Waals surface area contributed by atoms with E-state index in [2.05, 4.69) is 46.7 Å². The molecule has 0 saturated carbocycles. The third-order valence-corrected chi connectivity index (χ3v) is 8.88. The predicted molar refractivity (Wildman–Crippen MR) is 167 cm³/mol. The number of anilines is 1. The molecule has 5 rings (SSSR count). The maximum Gasteiger partial charge on any atom is 0.341 e. The van der Waals surface area contributed by atoms with Crippen LogP contribution in [0.15, 0.2) is 100 Å². The largest absolute Gasteiger partial charge is 0.462 e. The number of hydrogen-bond acceptors (Lipinski definition) is 8. The number of aryl methyl sites for hydroxylation is 1. The maximum absolute atomic E-state index is 13.1. The van der Waals surface area contributed by atoms with Crippen molar-refractivity contribution in [1.29, 1.82) is 0 Å². The Kier molecular flexibility index (Phi) is 9.55. The lowest BCUT2D eigenvalue weighted by Gasteiger charge is -2.11. The summed E-state index contributed by atoms with van der Waals surface area (Å²) < 4.78 is 7.30. The molecule has 208 valence electrons. The summed E-state index contributed by atoms with van der Waals surface area (Å²) in [4.78, 5) is 27.1. The summed E-state index contributed by atoms with van der Waals surface area (Å²) in [5.74, 6) is 0.796. The van der Waals surface area contributed by atoms with Crippen molar-refractivity contribution >= 4 is 51.7 Å². The Labute approximate surface area is 251 Å². The van der Waals surface area contributed by atoms with Crippen LogP contribution < -0.4 is 5.32 Å². The van der Waals surface area contributed by atoms with Gasteiger partial charge in [-0.05, 0) is 43.7 Å². The molecule has 1 N–H and O–H groups in total. The molecule has 0 aliphatic rings. The Balaban J connectivity index is 1.33. The fraction of sp³-hybridized carbons (Fsp3) is 0.161. The first-order valence-corrected chi connectivity index (χ1v) is 15.8. The zero-order valence-corrected chi connectivity index (χ0v) is 25.0. The monoisotopic (exact) mass is 600 g/mol. The van der Waals surface area contributed by atoms with Crippen molar-refractivity contribution < 1.29 is 14.3 Å². The minimum atomic E-state index is -0.463. The highest BCUT2D eigenvalue weighted by molar-refractivity contribution is 7.99. The molecular formula is C31H28N4O3S3. The van der Waals surface area contributed by atoms with Crippen LogP contribution >= 0.6 is 34.9 Å². The third kappa shape index (κ3) is 7.08. The number of esters is 1. The molecule has 0 bridgehead atoms. The molecule has 1 amide bonds. The van der Waals surface area contributed by atoms with E-state index in [4.69, 9.17) is 4.74 Å². The van der Waals surface area contributed by atoms with Gasteiger partial charge in [0.25, 0.3) is 0 Å². The molecule has 0 aliphatic heterocycles. The second kappa shape index (κ2) is 13.7. The number of carbonyl (C=O) groups is 2. The fourth-order valence-corrected chi connectivity index (χ4v) is 6.64. The van der Waals surface area contributed by atoms with Crippen molar-refractivity contribution in [3.05, 3.63) is 107 Å². The van der Waals surface area contributed by atoms with Gasteiger partial charge in [-0.1, -0.05) is 78.0 Å². The summed E-state index contributed by atoms with van der Waals surface area (Å²) in [7, 11) is 0. The molecule has 0 spiro atoms. The lowest BCUT2D eigenvalue weighted by atomic mass is 10.0. The van der Waals surface area contributed by atoms with Gasteiger partial charge in [0, 0.05) is 21.5 Å². The van der Waals surface area contributed by atoms with Crippen LogP contribution in [0.5, 0.6) is 0 Å². The van der Waals surface area contributed by atoms with Gasteiger partial charge >= 0.3 is 5.97 Å². The van der Waals surface area contributed by atoms with E-state index < -0.39 is 5.97 Å². The number of ether oxygens (including phenoxy) is 1. The van der Waals surface area contributed by atoms with Gasteiger partial charge in [-0.2, -0.15) is 0 Å². The Morgan fingerprint density at radius 2 is 1.63 bits per heavy atom. The van der Waals surface area contributed by atoms with E-state index in [9.17, 15) is 9.59 Å². The van der Waals surface area contributed by atoms with Crippen molar-refractivity contribution in [2.45, 2.75) is 29.7 Å². The molecule has 2 aromatic heterocycles. The molecule has 0 atom stereocenters. The highest BCUT2D eigenvalue weighted by Gasteiger charge is 2.23. The van der Waals surface area contributed by atoms with Crippen molar-refractivity contribution in [3.8, 4) is 16.8 Å². The number of nitrogens with one attached hydrogen (secondary N) is 1. The average Bonchev–Trinajstić information content (AvgIpc) is 3.61. The van der Waals surface area contributed by atoms with Crippen LogP contribution in [0.4, 0.5) is 5.00 Å². The summed E-state index contributed by atoms with van der Waals surface area (Å²) >= 11 is 4.29.